The fourth-order valence-electron chi connectivity index (χ4n) is 0.908. The molecule has 4 heteroatoms. The van der Waals surface area contributed by atoms with E-state index in [1.807, 2.05) is 0 Å². The average molecular weight is 385 g/mol. The van der Waals surface area contributed by atoms with Crippen LogP contribution in [0.25, 0.3) is 0 Å². The molecule has 94 valence electrons. The highest BCUT2D eigenvalue weighted by Crippen LogP contribution is 2.02. The summed E-state index contributed by atoms with van der Waals surface area (Å²) < 4.78 is 0. The molecule has 0 aromatic rings. The van der Waals surface area contributed by atoms with Crippen LogP contribution >= 0.6 is 55.1 Å². The third-order valence-corrected chi connectivity index (χ3v) is 3.44. The van der Waals surface area contributed by atoms with Gasteiger partial charge in [-0.2, -0.15) is 0 Å². The fourth-order valence-corrected chi connectivity index (χ4v) is 2.08. The van der Waals surface area contributed by atoms with Gasteiger partial charge in [0.2, 0.25) is 0 Å². The van der Waals surface area contributed by atoms with E-state index in [-0.39, 0.29) is 0 Å². The van der Waals surface area contributed by atoms with Crippen LogP contribution in [-0.2, 0) is 0 Å². The predicted molar refractivity (Wildman–Crippen MR) is 81.3 cm³/mol. The summed E-state index contributed by atoms with van der Waals surface area (Å²) in [5.74, 6) is 1.55. The Morgan fingerprint density at radius 2 is 0.867 bits per heavy atom. The molecule has 0 nitrogen and oxygen atoms in total. The van der Waals surface area contributed by atoms with Gasteiger partial charge in [-0.1, -0.05) is 51.1 Å². The van der Waals surface area contributed by atoms with Crippen LogP contribution in [0.2, 0.25) is 0 Å². The molecule has 0 saturated carbocycles. The van der Waals surface area contributed by atoms with E-state index in [0.717, 1.165) is 35.3 Å². The molecule has 0 aromatic heterocycles. The van der Waals surface area contributed by atoms with Crippen molar-refractivity contribution in [1.29, 1.82) is 0 Å². The highest BCUT2D eigenvalue weighted by molar-refractivity contribution is 9.09. The van der Waals surface area contributed by atoms with E-state index in [1.165, 1.54) is 32.1 Å². The standard InChI is InChI=1S/C6H12Br2.C5H10Cl2/c7-5-3-1-2-4-6-8;6-4-2-1-3-5-7/h1-6H2;1-5H2. The lowest BCUT2D eigenvalue weighted by Gasteiger charge is -1.92. The van der Waals surface area contributed by atoms with Crippen LogP contribution in [0.3, 0.4) is 0 Å². The van der Waals surface area contributed by atoms with Crippen molar-refractivity contribution >= 4 is 55.1 Å². The SMILES string of the molecule is BrCCCCCCBr.ClCCCCCCl. The molecule has 0 N–H and O–H groups in total. The number of rotatable bonds is 9. The van der Waals surface area contributed by atoms with Crippen LogP contribution in [0.5, 0.6) is 0 Å². The zero-order valence-electron chi connectivity index (χ0n) is 9.29. The third-order valence-electron chi connectivity index (χ3n) is 1.78. The molecule has 0 rings (SSSR count). The first kappa shape index (κ1) is 18.9. The van der Waals surface area contributed by atoms with Crippen molar-refractivity contribution < 1.29 is 0 Å². The molecule has 0 radical (unpaired) electrons. The molecule has 0 spiro atoms. The van der Waals surface area contributed by atoms with E-state index >= 15 is 0 Å². The van der Waals surface area contributed by atoms with Gasteiger partial charge >= 0.3 is 0 Å². The monoisotopic (exact) mass is 382 g/mol. The van der Waals surface area contributed by atoms with Crippen molar-refractivity contribution in [1.82, 2.24) is 0 Å². The zero-order chi connectivity index (χ0) is 11.8. The van der Waals surface area contributed by atoms with Crippen LogP contribution in [0.15, 0.2) is 0 Å². The van der Waals surface area contributed by atoms with Crippen LogP contribution in [0, 0.1) is 0 Å². The molecule has 0 aliphatic heterocycles. The number of hydrogen-bond acceptors (Lipinski definition) is 0. The molecule has 0 aliphatic rings. The molecule has 0 aliphatic carbocycles. The minimum atomic E-state index is 0.775. The van der Waals surface area contributed by atoms with Crippen molar-refractivity contribution in [2.24, 2.45) is 0 Å². The quantitative estimate of drug-likeness (QED) is 0.339. The lowest BCUT2D eigenvalue weighted by atomic mass is 10.2. The van der Waals surface area contributed by atoms with Gasteiger partial charge in [0, 0.05) is 22.4 Å². The largest absolute Gasteiger partial charge is 0.127 e. The van der Waals surface area contributed by atoms with E-state index in [2.05, 4.69) is 31.9 Å². The maximum atomic E-state index is 5.39. The maximum absolute atomic E-state index is 5.39. The summed E-state index contributed by atoms with van der Waals surface area (Å²) in [5, 5.41) is 2.32. The highest BCUT2D eigenvalue weighted by atomic mass is 79.9. The summed E-state index contributed by atoms with van der Waals surface area (Å²) in [7, 11) is 0. The molecule has 15 heavy (non-hydrogen) atoms. The van der Waals surface area contributed by atoms with Crippen molar-refractivity contribution in [3.63, 3.8) is 0 Å². The molecular formula is C11H22Br2Cl2. The maximum Gasteiger partial charge on any atom is 0.0223 e. The Bertz CT molecular complexity index is 82.7. The average Bonchev–Trinajstić information content (AvgIpc) is 2.26. The Morgan fingerprint density at radius 1 is 0.533 bits per heavy atom. The Balaban J connectivity index is 0. The first-order valence-corrected chi connectivity index (χ1v) is 8.88. The molecule has 0 amide bonds. The molecule has 0 bridgehead atoms. The molecular weight excluding hydrogens is 363 g/mol. The summed E-state index contributed by atoms with van der Waals surface area (Å²) >= 11 is 17.6. The Morgan fingerprint density at radius 3 is 1.13 bits per heavy atom. The fraction of sp³-hybridized carbons (Fsp3) is 1.00. The predicted octanol–water partition coefficient (Wildman–Crippen LogP) is 5.97. The highest BCUT2D eigenvalue weighted by Gasteiger charge is 1.84. The van der Waals surface area contributed by atoms with Gasteiger partial charge < -0.3 is 0 Å². The molecule has 0 atom stereocenters. The van der Waals surface area contributed by atoms with Gasteiger partial charge in [-0.3, -0.25) is 0 Å². The van der Waals surface area contributed by atoms with Gasteiger partial charge in [0.05, 0.1) is 0 Å². The van der Waals surface area contributed by atoms with E-state index in [1.54, 1.807) is 0 Å². The van der Waals surface area contributed by atoms with Crippen molar-refractivity contribution in [2.75, 3.05) is 22.4 Å². The normalized spacial score (nSPS) is 9.60. The lowest BCUT2D eigenvalue weighted by Crippen LogP contribution is -1.78. The van der Waals surface area contributed by atoms with Crippen LogP contribution in [-0.4, -0.2) is 22.4 Å². The van der Waals surface area contributed by atoms with Gasteiger partial charge in [0.1, 0.15) is 0 Å². The number of unbranched alkanes of at least 4 members (excludes halogenated alkanes) is 5. The van der Waals surface area contributed by atoms with Gasteiger partial charge in [0.15, 0.2) is 0 Å². The Hall–Kier alpha value is 1.54. The second-order valence-corrected chi connectivity index (χ2v) is 5.57. The van der Waals surface area contributed by atoms with E-state index in [9.17, 15) is 0 Å². The second kappa shape index (κ2) is 20.9. The minimum absolute atomic E-state index is 0.775. The Kier molecular flexibility index (Phi) is 26.3. The summed E-state index contributed by atoms with van der Waals surface area (Å²) in [5.41, 5.74) is 0. The first-order valence-electron chi connectivity index (χ1n) is 5.57. The van der Waals surface area contributed by atoms with E-state index < -0.39 is 0 Å². The number of halogens is 4. The van der Waals surface area contributed by atoms with E-state index in [4.69, 9.17) is 23.2 Å². The van der Waals surface area contributed by atoms with Crippen LogP contribution in [0.1, 0.15) is 44.9 Å². The zero-order valence-corrected chi connectivity index (χ0v) is 14.0. The summed E-state index contributed by atoms with van der Waals surface area (Å²) in [6.07, 6.45) is 8.78. The van der Waals surface area contributed by atoms with Gasteiger partial charge in [-0.25, -0.2) is 0 Å². The molecule has 0 heterocycles. The second-order valence-electron chi connectivity index (χ2n) is 3.23. The van der Waals surface area contributed by atoms with Gasteiger partial charge in [-0.05, 0) is 25.7 Å². The van der Waals surface area contributed by atoms with Crippen LogP contribution in [0.4, 0.5) is 0 Å². The molecule has 0 unspecified atom stereocenters. The molecule has 0 saturated heterocycles. The Labute approximate surface area is 122 Å². The smallest absolute Gasteiger partial charge is 0.0223 e. The summed E-state index contributed by atoms with van der Waals surface area (Å²) in [4.78, 5) is 0. The topological polar surface area (TPSA) is 0 Å². The summed E-state index contributed by atoms with van der Waals surface area (Å²) in [6, 6.07) is 0. The first-order chi connectivity index (χ1) is 7.33. The minimum Gasteiger partial charge on any atom is -0.127 e. The number of hydrogen-bond donors (Lipinski definition) is 0. The molecule has 0 fully saturated rings. The van der Waals surface area contributed by atoms with Crippen molar-refractivity contribution in [2.45, 2.75) is 44.9 Å². The van der Waals surface area contributed by atoms with Crippen LogP contribution < -0.4 is 0 Å². The van der Waals surface area contributed by atoms with Gasteiger partial charge in [-0.15, -0.1) is 23.2 Å². The third kappa shape index (κ3) is 25.6. The lowest BCUT2D eigenvalue weighted by molar-refractivity contribution is 0.715. The van der Waals surface area contributed by atoms with Crippen molar-refractivity contribution in [3.8, 4) is 0 Å². The van der Waals surface area contributed by atoms with Crippen molar-refractivity contribution in [3.05, 3.63) is 0 Å². The number of alkyl halides is 4. The molecule has 0 aromatic carbocycles. The van der Waals surface area contributed by atoms with Gasteiger partial charge in [0.25, 0.3) is 0 Å². The van der Waals surface area contributed by atoms with E-state index in [0.29, 0.717) is 0 Å². The summed E-state index contributed by atoms with van der Waals surface area (Å²) in [6.45, 7) is 0.